The van der Waals surface area contributed by atoms with E-state index in [-0.39, 0.29) is 5.41 Å². The Bertz CT molecular complexity index is 2050. The normalized spacial score (nSPS) is 13.7. The van der Waals surface area contributed by atoms with Crippen LogP contribution in [0.25, 0.3) is 60.5 Å². The van der Waals surface area contributed by atoms with E-state index in [0.717, 1.165) is 0 Å². The van der Waals surface area contributed by atoms with Gasteiger partial charge < -0.3 is 4.57 Å². The van der Waals surface area contributed by atoms with Crippen LogP contribution >= 0.6 is 0 Å². The predicted octanol–water partition coefficient (Wildman–Crippen LogP) is 9.91. The van der Waals surface area contributed by atoms with Crippen molar-refractivity contribution < 1.29 is 0 Å². The lowest BCUT2D eigenvalue weighted by Crippen LogP contribution is -2.14. The number of fused-ring (bicyclic) bond motifs is 8. The number of benzene rings is 6. The molecular formula is C37H27N. The van der Waals surface area contributed by atoms with Crippen molar-refractivity contribution in [2.75, 3.05) is 0 Å². The van der Waals surface area contributed by atoms with E-state index in [4.69, 9.17) is 0 Å². The molecule has 1 heteroatoms. The minimum absolute atomic E-state index is 0.00651. The summed E-state index contributed by atoms with van der Waals surface area (Å²) in [6.07, 6.45) is 0. The molecule has 180 valence electrons. The lowest BCUT2D eigenvalue weighted by molar-refractivity contribution is 0.660. The Morgan fingerprint density at radius 1 is 0.500 bits per heavy atom. The lowest BCUT2D eigenvalue weighted by atomic mass is 9.81. The maximum atomic E-state index is 2.42. The highest BCUT2D eigenvalue weighted by Gasteiger charge is 2.35. The average molecular weight is 486 g/mol. The molecule has 0 fully saturated rings. The van der Waals surface area contributed by atoms with Crippen LogP contribution in [-0.2, 0) is 5.41 Å². The van der Waals surface area contributed by atoms with Crippen LogP contribution in [-0.4, -0.2) is 4.57 Å². The summed E-state index contributed by atoms with van der Waals surface area (Å²) < 4.78 is 2.42. The van der Waals surface area contributed by atoms with E-state index in [1.807, 2.05) is 0 Å². The van der Waals surface area contributed by atoms with E-state index in [9.17, 15) is 0 Å². The fourth-order valence-corrected chi connectivity index (χ4v) is 6.73. The summed E-state index contributed by atoms with van der Waals surface area (Å²) in [4.78, 5) is 0. The summed E-state index contributed by atoms with van der Waals surface area (Å²) in [5, 5.41) is 5.19. The van der Waals surface area contributed by atoms with Crippen molar-refractivity contribution in [1.82, 2.24) is 4.57 Å². The minimum Gasteiger partial charge on any atom is -0.309 e. The van der Waals surface area contributed by atoms with Gasteiger partial charge in [0.2, 0.25) is 0 Å². The summed E-state index contributed by atoms with van der Waals surface area (Å²) in [6.45, 7) is 4.70. The molecule has 6 aromatic carbocycles. The van der Waals surface area contributed by atoms with Gasteiger partial charge in [-0.3, -0.25) is 0 Å². The van der Waals surface area contributed by atoms with E-state index in [0.29, 0.717) is 0 Å². The molecule has 0 saturated carbocycles. The maximum Gasteiger partial charge on any atom is 0.0547 e. The Labute approximate surface area is 222 Å². The Hall–Kier alpha value is -4.62. The smallest absolute Gasteiger partial charge is 0.0547 e. The van der Waals surface area contributed by atoms with Gasteiger partial charge in [-0.15, -0.1) is 0 Å². The highest BCUT2D eigenvalue weighted by Crippen LogP contribution is 2.49. The molecule has 0 atom stereocenters. The third-order valence-corrected chi connectivity index (χ3v) is 8.58. The van der Waals surface area contributed by atoms with Gasteiger partial charge in [-0.25, -0.2) is 0 Å². The first-order valence-corrected chi connectivity index (χ1v) is 13.4. The third-order valence-electron chi connectivity index (χ3n) is 8.58. The van der Waals surface area contributed by atoms with Crippen LogP contribution in [0.15, 0.2) is 127 Å². The van der Waals surface area contributed by atoms with Crippen molar-refractivity contribution in [3.05, 3.63) is 139 Å². The van der Waals surface area contributed by atoms with Gasteiger partial charge in [-0.05, 0) is 74.5 Å². The maximum absolute atomic E-state index is 2.42. The average Bonchev–Trinajstić information content (AvgIpc) is 3.42. The van der Waals surface area contributed by atoms with Crippen molar-refractivity contribution in [3.8, 4) is 27.9 Å². The SMILES string of the molecule is CC1(C)c2ccccc2-c2ccc(-c3cccc(-n4c5ccccc5c5c6ccccc6ccc54)c3)cc21. The number of aromatic nitrogens is 1. The highest BCUT2D eigenvalue weighted by molar-refractivity contribution is 6.21. The molecule has 1 aliphatic carbocycles. The number of rotatable bonds is 2. The highest BCUT2D eigenvalue weighted by atomic mass is 15.0. The van der Waals surface area contributed by atoms with Crippen molar-refractivity contribution >= 4 is 32.6 Å². The van der Waals surface area contributed by atoms with Gasteiger partial charge in [0.05, 0.1) is 11.0 Å². The Kier molecular flexibility index (Phi) is 4.35. The van der Waals surface area contributed by atoms with Crippen LogP contribution in [0.1, 0.15) is 25.0 Å². The molecule has 0 aliphatic heterocycles. The first kappa shape index (κ1) is 21.5. The molecule has 1 aliphatic rings. The lowest BCUT2D eigenvalue weighted by Gasteiger charge is -2.22. The summed E-state index contributed by atoms with van der Waals surface area (Å²) >= 11 is 0. The van der Waals surface area contributed by atoms with Crippen LogP contribution in [0.4, 0.5) is 0 Å². The second kappa shape index (κ2) is 7.69. The summed E-state index contributed by atoms with van der Waals surface area (Å²) in [6, 6.07) is 46.9. The van der Waals surface area contributed by atoms with E-state index in [1.165, 1.54) is 71.6 Å². The third kappa shape index (κ3) is 2.87. The monoisotopic (exact) mass is 485 g/mol. The molecular weight excluding hydrogens is 458 g/mol. The zero-order chi connectivity index (χ0) is 25.4. The predicted molar refractivity (Wildman–Crippen MR) is 161 cm³/mol. The Balaban J connectivity index is 1.34. The largest absolute Gasteiger partial charge is 0.309 e. The molecule has 0 radical (unpaired) electrons. The number of nitrogens with zero attached hydrogens (tertiary/aromatic N) is 1. The zero-order valence-corrected chi connectivity index (χ0v) is 21.6. The standard InChI is InChI=1S/C37H27N/c1-37(2)32-16-7-5-14-29(32)30-20-18-26(23-33(30)37)25-11-9-12-27(22-25)38-34-17-8-6-15-31(34)36-28-13-4-3-10-24(28)19-21-35(36)38/h3-23H,1-2H3. The van der Waals surface area contributed by atoms with Gasteiger partial charge >= 0.3 is 0 Å². The second-order valence-corrected chi connectivity index (χ2v) is 11.0. The minimum atomic E-state index is -0.00651. The van der Waals surface area contributed by atoms with Gasteiger partial charge in [0.15, 0.2) is 0 Å². The Morgan fingerprint density at radius 2 is 1.24 bits per heavy atom. The molecule has 0 saturated heterocycles. The van der Waals surface area contributed by atoms with E-state index in [2.05, 4.69) is 146 Å². The van der Waals surface area contributed by atoms with Crippen LogP contribution in [0, 0.1) is 0 Å². The topological polar surface area (TPSA) is 4.93 Å². The van der Waals surface area contributed by atoms with Crippen molar-refractivity contribution in [2.24, 2.45) is 0 Å². The molecule has 7 aromatic rings. The molecule has 0 N–H and O–H groups in total. The fourth-order valence-electron chi connectivity index (χ4n) is 6.73. The van der Waals surface area contributed by atoms with E-state index < -0.39 is 0 Å². The van der Waals surface area contributed by atoms with Crippen molar-refractivity contribution in [2.45, 2.75) is 19.3 Å². The van der Waals surface area contributed by atoms with Gasteiger partial charge in [0.25, 0.3) is 0 Å². The van der Waals surface area contributed by atoms with Crippen LogP contribution in [0.3, 0.4) is 0 Å². The second-order valence-electron chi connectivity index (χ2n) is 11.0. The summed E-state index contributed by atoms with van der Waals surface area (Å²) in [7, 11) is 0. The van der Waals surface area contributed by atoms with Gasteiger partial charge in [0, 0.05) is 21.9 Å². The number of hydrogen-bond acceptors (Lipinski definition) is 0. The molecule has 1 heterocycles. The quantitative estimate of drug-likeness (QED) is 0.230. The fraction of sp³-hybridized carbons (Fsp3) is 0.0811. The molecule has 8 rings (SSSR count). The van der Waals surface area contributed by atoms with Crippen molar-refractivity contribution in [1.29, 1.82) is 0 Å². The molecule has 1 aromatic heterocycles. The van der Waals surface area contributed by atoms with E-state index >= 15 is 0 Å². The number of hydrogen-bond donors (Lipinski definition) is 0. The zero-order valence-electron chi connectivity index (χ0n) is 21.6. The van der Waals surface area contributed by atoms with Gasteiger partial charge in [-0.1, -0.05) is 111 Å². The molecule has 0 amide bonds. The van der Waals surface area contributed by atoms with Crippen LogP contribution < -0.4 is 0 Å². The van der Waals surface area contributed by atoms with Crippen LogP contribution in [0.2, 0.25) is 0 Å². The molecule has 38 heavy (non-hydrogen) atoms. The molecule has 0 spiro atoms. The Morgan fingerprint density at radius 3 is 2.16 bits per heavy atom. The van der Waals surface area contributed by atoms with Crippen LogP contribution in [0.5, 0.6) is 0 Å². The summed E-state index contributed by atoms with van der Waals surface area (Å²) in [5.74, 6) is 0. The first-order valence-electron chi connectivity index (χ1n) is 13.4. The van der Waals surface area contributed by atoms with Gasteiger partial charge in [-0.2, -0.15) is 0 Å². The molecule has 0 bridgehead atoms. The first-order chi connectivity index (χ1) is 18.6. The molecule has 0 unspecified atom stereocenters. The summed E-state index contributed by atoms with van der Waals surface area (Å²) in [5.41, 5.74) is 11.7. The number of para-hydroxylation sites is 1. The van der Waals surface area contributed by atoms with E-state index in [1.54, 1.807) is 0 Å². The van der Waals surface area contributed by atoms with Gasteiger partial charge in [0.1, 0.15) is 0 Å². The van der Waals surface area contributed by atoms with Crippen molar-refractivity contribution in [3.63, 3.8) is 0 Å². The molecule has 1 nitrogen and oxygen atoms in total.